The number of benzene rings is 1. The van der Waals surface area contributed by atoms with Crippen LogP contribution in [-0.2, 0) is 17.8 Å². The molecule has 126 valence electrons. The highest BCUT2D eigenvalue weighted by molar-refractivity contribution is 6.35. The number of para-hydroxylation sites is 1. The monoisotopic (exact) mass is 346 g/mol. The summed E-state index contributed by atoms with van der Waals surface area (Å²) in [6.07, 6.45) is 4.20. The smallest absolute Gasteiger partial charge is 0.240 e. The summed E-state index contributed by atoms with van der Waals surface area (Å²) in [4.78, 5) is 4.36. The Morgan fingerprint density at radius 3 is 2.88 bits per heavy atom. The van der Waals surface area contributed by atoms with Crippen LogP contribution < -0.4 is 5.73 Å². The van der Waals surface area contributed by atoms with Gasteiger partial charge in [-0.15, -0.1) is 0 Å². The van der Waals surface area contributed by atoms with Gasteiger partial charge in [0.05, 0.1) is 17.1 Å². The zero-order valence-electron chi connectivity index (χ0n) is 13.2. The number of ether oxygens (including phenoxy) is 1. The lowest BCUT2D eigenvalue weighted by Gasteiger charge is -2.23. The van der Waals surface area contributed by atoms with E-state index < -0.39 is 0 Å². The topological polar surface area (TPSA) is 79.1 Å². The second kappa shape index (κ2) is 6.55. The van der Waals surface area contributed by atoms with Gasteiger partial charge in [0.15, 0.2) is 0 Å². The highest BCUT2D eigenvalue weighted by Gasteiger charge is 2.20. The van der Waals surface area contributed by atoms with Crippen molar-refractivity contribution in [3.63, 3.8) is 0 Å². The molecule has 1 aromatic carbocycles. The summed E-state index contributed by atoms with van der Waals surface area (Å²) < 4.78 is 12.8. The van der Waals surface area contributed by atoms with E-state index in [0.29, 0.717) is 17.6 Å². The van der Waals surface area contributed by atoms with Crippen LogP contribution in [0.4, 0.5) is 0 Å². The minimum Gasteiger partial charge on any atom is -0.381 e. The van der Waals surface area contributed by atoms with Gasteiger partial charge in [0.2, 0.25) is 11.7 Å². The van der Waals surface area contributed by atoms with E-state index in [1.54, 1.807) is 0 Å². The molecular formula is C17H19ClN4O2. The second-order valence-corrected chi connectivity index (χ2v) is 6.51. The van der Waals surface area contributed by atoms with Crippen LogP contribution in [0.2, 0.25) is 5.02 Å². The Bertz CT molecular complexity index is 852. The SMILES string of the molecule is NCc1nc(-c2cn(CC3CCOCC3)c3c(Cl)cccc23)no1. The Morgan fingerprint density at radius 2 is 2.12 bits per heavy atom. The molecule has 0 saturated carbocycles. The standard InChI is InChI=1S/C17H19ClN4O2/c18-14-3-1-2-12-13(17-20-15(8-19)24-21-17)10-22(16(12)14)9-11-4-6-23-7-5-11/h1-3,10-11H,4-9,19H2. The van der Waals surface area contributed by atoms with Crippen molar-refractivity contribution in [2.75, 3.05) is 13.2 Å². The number of nitrogens with zero attached hydrogens (tertiary/aromatic N) is 3. The van der Waals surface area contributed by atoms with Gasteiger partial charge in [-0.05, 0) is 24.8 Å². The van der Waals surface area contributed by atoms with Gasteiger partial charge in [0, 0.05) is 36.9 Å². The van der Waals surface area contributed by atoms with Crippen molar-refractivity contribution in [3.05, 3.63) is 35.3 Å². The van der Waals surface area contributed by atoms with E-state index in [1.807, 2.05) is 18.2 Å². The normalized spacial score (nSPS) is 16.1. The molecule has 3 heterocycles. The molecule has 1 aliphatic rings. The highest BCUT2D eigenvalue weighted by atomic mass is 35.5. The average Bonchev–Trinajstić information content (AvgIpc) is 3.21. The molecule has 3 aromatic rings. The van der Waals surface area contributed by atoms with Gasteiger partial charge in [-0.1, -0.05) is 28.9 Å². The lowest BCUT2D eigenvalue weighted by molar-refractivity contribution is 0.0616. The van der Waals surface area contributed by atoms with Crippen molar-refractivity contribution in [3.8, 4) is 11.4 Å². The van der Waals surface area contributed by atoms with Gasteiger partial charge >= 0.3 is 0 Å². The van der Waals surface area contributed by atoms with Gasteiger partial charge in [-0.2, -0.15) is 4.98 Å². The summed E-state index contributed by atoms with van der Waals surface area (Å²) in [6, 6.07) is 5.89. The lowest BCUT2D eigenvalue weighted by atomic mass is 10.0. The predicted molar refractivity (Wildman–Crippen MR) is 91.7 cm³/mol. The molecule has 0 bridgehead atoms. The van der Waals surface area contributed by atoms with E-state index in [1.165, 1.54) is 0 Å². The van der Waals surface area contributed by atoms with E-state index in [4.69, 9.17) is 26.6 Å². The van der Waals surface area contributed by atoms with Crippen LogP contribution >= 0.6 is 11.6 Å². The minimum absolute atomic E-state index is 0.231. The molecule has 24 heavy (non-hydrogen) atoms. The molecule has 0 atom stereocenters. The third-order valence-electron chi connectivity index (χ3n) is 4.53. The van der Waals surface area contributed by atoms with Crippen LogP contribution in [0.15, 0.2) is 28.9 Å². The van der Waals surface area contributed by atoms with E-state index in [9.17, 15) is 0 Å². The zero-order valence-corrected chi connectivity index (χ0v) is 14.0. The fourth-order valence-electron chi connectivity index (χ4n) is 3.29. The molecule has 4 rings (SSSR count). The van der Waals surface area contributed by atoms with Crippen molar-refractivity contribution in [2.24, 2.45) is 11.7 Å². The Hall–Kier alpha value is -1.89. The van der Waals surface area contributed by atoms with Gasteiger partial charge < -0.3 is 19.6 Å². The maximum atomic E-state index is 6.48. The largest absolute Gasteiger partial charge is 0.381 e. The van der Waals surface area contributed by atoms with Crippen LogP contribution in [0.25, 0.3) is 22.3 Å². The summed E-state index contributed by atoms with van der Waals surface area (Å²) in [5.74, 6) is 1.56. The maximum Gasteiger partial charge on any atom is 0.240 e. The highest BCUT2D eigenvalue weighted by Crippen LogP contribution is 2.34. The maximum absolute atomic E-state index is 6.48. The number of halogens is 1. The molecule has 0 spiro atoms. The molecule has 6 nitrogen and oxygen atoms in total. The first kappa shape index (κ1) is 15.6. The number of hydrogen-bond acceptors (Lipinski definition) is 5. The first-order chi connectivity index (χ1) is 11.8. The first-order valence-electron chi connectivity index (χ1n) is 8.14. The molecule has 1 aliphatic heterocycles. The molecule has 0 amide bonds. The number of hydrogen-bond donors (Lipinski definition) is 1. The number of rotatable bonds is 4. The molecule has 1 fully saturated rings. The summed E-state index contributed by atoms with van der Waals surface area (Å²) in [7, 11) is 0. The molecule has 0 unspecified atom stereocenters. The predicted octanol–water partition coefficient (Wildman–Crippen LogP) is 3.23. The molecule has 2 aromatic heterocycles. The van der Waals surface area contributed by atoms with E-state index in [2.05, 4.69) is 20.9 Å². The fraction of sp³-hybridized carbons (Fsp3) is 0.412. The van der Waals surface area contributed by atoms with Crippen molar-refractivity contribution in [1.82, 2.24) is 14.7 Å². The Morgan fingerprint density at radius 1 is 1.29 bits per heavy atom. The van der Waals surface area contributed by atoms with Crippen molar-refractivity contribution >= 4 is 22.5 Å². The first-order valence-corrected chi connectivity index (χ1v) is 8.52. The lowest BCUT2D eigenvalue weighted by Crippen LogP contribution is -2.20. The summed E-state index contributed by atoms with van der Waals surface area (Å²) in [5.41, 5.74) is 7.51. The number of fused-ring (bicyclic) bond motifs is 1. The Kier molecular flexibility index (Phi) is 4.26. The summed E-state index contributed by atoms with van der Waals surface area (Å²) >= 11 is 6.48. The molecular weight excluding hydrogens is 328 g/mol. The van der Waals surface area contributed by atoms with Gasteiger partial charge in [-0.25, -0.2) is 0 Å². The van der Waals surface area contributed by atoms with E-state index in [-0.39, 0.29) is 6.54 Å². The molecule has 1 saturated heterocycles. The minimum atomic E-state index is 0.231. The van der Waals surface area contributed by atoms with Gasteiger partial charge in [-0.3, -0.25) is 0 Å². The van der Waals surface area contributed by atoms with Crippen molar-refractivity contribution in [1.29, 1.82) is 0 Å². The number of aromatic nitrogens is 3. The van der Waals surface area contributed by atoms with Gasteiger partial charge in [0.25, 0.3) is 0 Å². The van der Waals surface area contributed by atoms with Crippen LogP contribution in [0, 0.1) is 5.92 Å². The number of nitrogens with two attached hydrogens (primary N) is 1. The molecule has 2 N–H and O–H groups in total. The molecule has 0 radical (unpaired) electrons. The average molecular weight is 347 g/mol. The third kappa shape index (κ3) is 2.81. The van der Waals surface area contributed by atoms with E-state index >= 15 is 0 Å². The zero-order chi connectivity index (χ0) is 16.5. The van der Waals surface area contributed by atoms with Crippen LogP contribution in [0.3, 0.4) is 0 Å². The Balaban J connectivity index is 1.78. The van der Waals surface area contributed by atoms with Gasteiger partial charge in [0.1, 0.15) is 0 Å². The molecule has 7 heteroatoms. The third-order valence-corrected chi connectivity index (χ3v) is 4.83. The Labute approximate surface area is 144 Å². The fourth-order valence-corrected chi connectivity index (χ4v) is 3.57. The van der Waals surface area contributed by atoms with Crippen LogP contribution in [0.5, 0.6) is 0 Å². The van der Waals surface area contributed by atoms with E-state index in [0.717, 1.165) is 54.1 Å². The summed E-state index contributed by atoms with van der Waals surface area (Å²) in [6.45, 7) is 2.80. The summed E-state index contributed by atoms with van der Waals surface area (Å²) in [5, 5.41) is 5.81. The quantitative estimate of drug-likeness (QED) is 0.784. The second-order valence-electron chi connectivity index (χ2n) is 6.10. The molecule has 0 aliphatic carbocycles. The van der Waals surface area contributed by atoms with Crippen LogP contribution in [-0.4, -0.2) is 27.9 Å². The van der Waals surface area contributed by atoms with Crippen LogP contribution in [0.1, 0.15) is 18.7 Å². The van der Waals surface area contributed by atoms with Crippen molar-refractivity contribution in [2.45, 2.75) is 25.9 Å². The van der Waals surface area contributed by atoms with Crippen molar-refractivity contribution < 1.29 is 9.26 Å².